The van der Waals surface area contributed by atoms with E-state index in [-0.39, 0.29) is 19.0 Å². The highest BCUT2D eigenvalue weighted by Crippen LogP contribution is 2.29. The lowest BCUT2D eigenvalue weighted by Crippen LogP contribution is -2.18. The summed E-state index contributed by atoms with van der Waals surface area (Å²) < 4.78 is 6.06. The number of benzene rings is 3. The van der Waals surface area contributed by atoms with Crippen LogP contribution in [0, 0.1) is 0 Å². The van der Waals surface area contributed by atoms with Gasteiger partial charge in [0.1, 0.15) is 12.4 Å². The predicted octanol–water partition coefficient (Wildman–Crippen LogP) is 4.58. The third-order valence-electron chi connectivity index (χ3n) is 3.93. The third kappa shape index (κ3) is 4.86. The van der Waals surface area contributed by atoms with Crippen LogP contribution in [0.15, 0.2) is 60.7 Å². The summed E-state index contributed by atoms with van der Waals surface area (Å²) in [6.07, 6.45) is 0. The Labute approximate surface area is 159 Å². The summed E-state index contributed by atoms with van der Waals surface area (Å²) in [6, 6.07) is 20.0. The van der Waals surface area contributed by atoms with E-state index >= 15 is 0 Å². The summed E-state index contributed by atoms with van der Waals surface area (Å²) in [5, 5.41) is 15.3. The number of nitrogens with one attached hydrogen (secondary N) is 1. The number of halogens is 2. The van der Waals surface area contributed by atoms with E-state index in [1.807, 2.05) is 42.5 Å². The molecule has 0 unspecified atom stereocenters. The Morgan fingerprint density at radius 1 is 0.960 bits per heavy atom. The molecule has 0 aliphatic carbocycles. The number of aliphatic hydroxyl groups excluding tert-OH is 1. The fraction of sp³-hybridized carbons (Fsp3) is 0.200. The van der Waals surface area contributed by atoms with Crippen LogP contribution in [0.2, 0.25) is 5.02 Å². The largest absolute Gasteiger partial charge is 0.488 e. The summed E-state index contributed by atoms with van der Waals surface area (Å²) in [5.41, 5.74) is 2.05. The quantitative estimate of drug-likeness (QED) is 0.592. The number of hydrogen-bond acceptors (Lipinski definition) is 3. The number of ether oxygens (including phenoxy) is 1. The molecular formula is C20H21Cl2NO2. The zero-order chi connectivity index (χ0) is 16.8. The third-order valence-corrected chi connectivity index (χ3v) is 4.30. The molecule has 0 spiro atoms. The molecule has 0 aromatic heterocycles. The molecule has 132 valence electrons. The van der Waals surface area contributed by atoms with Crippen LogP contribution >= 0.6 is 24.0 Å². The van der Waals surface area contributed by atoms with Gasteiger partial charge in [-0.25, -0.2) is 0 Å². The number of hydrogen-bond donors (Lipinski definition) is 2. The SMILES string of the molecule is Cl.OCCNCc1c(OCc2ccccc2Cl)ccc2ccccc12. The van der Waals surface area contributed by atoms with Crippen molar-refractivity contribution in [2.45, 2.75) is 13.2 Å². The Balaban J connectivity index is 0.00000225. The molecule has 25 heavy (non-hydrogen) atoms. The molecule has 0 fully saturated rings. The fourth-order valence-electron chi connectivity index (χ4n) is 2.70. The van der Waals surface area contributed by atoms with E-state index in [9.17, 15) is 0 Å². The maximum atomic E-state index is 9.00. The molecule has 0 saturated carbocycles. The Morgan fingerprint density at radius 3 is 2.52 bits per heavy atom. The minimum Gasteiger partial charge on any atom is -0.488 e. The number of rotatable bonds is 7. The molecular weight excluding hydrogens is 357 g/mol. The lowest BCUT2D eigenvalue weighted by molar-refractivity contribution is 0.288. The van der Waals surface area contributed by atoms with Gasteiger partial charge in [-0.15, -0.1) is 12.4 Å². The highest BCUT2D eigenvalue weighted by molar-refractivity contribution is 6.31. The van der Waals surface area contributed by atoms with Crippen LogP contribution in [-0.2, 0) is 13.2 Å². The van der Waals surface area contributed by atoms with E-state index < -0.39 is 0 Å². The van der Waals surface area contributed by atoms with Crippen LogP contribution in [0.4, 0.5) is 0 Å². The van der Waals surface area contributed by atoms with Gasteiger partial charge in [0, 0.05) is 29.2 Å². The summed E-state index contributed by atoms with van der Waals surface area (Å²) >= 11 is 6.21. The summed E-state index contributed by atoms with van der Waals surface area (Å²) in [5.74, 6) is 0.832. The van der Waals surface area contributed by atoms with E-state index in [1.54, 1.807) is 0 Å². The lowest BCUT2D eigenvalue weighted by atomic mass is 10.0. The summed E-state index contributed by atoms with van der Waals surface area (Å²) in [4.78, 5) is 0. The lowest BCUT2D eigenvalue weighted by Gasteiger charge is -2.15. The van der Waals surface area contributed by atoms with Gasteiger partial charge < -0.3 is 15.2 Å². The predicted molar refractivity (Wildman–Crippen MR) is 106 cm³/mol. The molecule has 0 heterocycles. The van der Waals surface area contributed by atoms with Gasteiger partial charge in [-0.1, -0.05) is 60.1 Å². The minimum absolute atomic E-state index is 0. The maximum Gasteiger partial charge on any atom is 0.124 e. The molecule has 0 saturated heterocycles. The number of fused-ring (bicyclic) bond motifs is 1. The normalized spacial score (nSPS) is 10.5. The average Bonchev–Trinajstić information content (AvgIpc) is 2.62. The van der Waals surface area contributed by atoms with E-state index in [0.717, 1.165) is 22.3 Å². The zero-order valence-electron chi connectivity index (χ0n) is 13.7. The Bertz CT molecular complexity index is 824. The van der Waals surface area contributed by atoms with Crippen LogP contribution in [-0.4, -0.2) is 18.3 Å². The first-order chi connectivity index (χ1) is 11.8. The van der Waals surface area contributed by atoms with Crippen molar-refractivity contribution in [3.63, 3.8) is 0 Å². The molecule has 2 N–H and O–H groups in total. The zero-order valence-corrected chi connectivity index (χ0v) is 15.3. The molecule has 0 atom stereocenters. The molecule has 3 rings (SSSR count). The first-order valence-electron chi connectivity index (χ1n) is 7.98. The van der Waals surface area contributed by atoms with Gasteiger partial charge in [0.2, 0.25) is 0 Å². The highest BCUT2D eigenvalue weighted by Gasteiger charge is 2.09. The van der Waals surface area contributed by atoms with Gasteiger partial charge in [-0.05, 0) is 22.9 Å². The van der Waals surface area contributed by atoms with E-state index in [4.69, 9.17) is 21.4 Å². The molecule has 0 amide bonds. The van der Waals surface area contributed by atoms with Crippen molar-refractivity contribution >= 4 is 34.8 Å². The van der Waals surface area contributed by atoms with Crippen molar-refractivity contribution in [2.24, 2.45) is 0 Å². The van der Waals surface area contributed by atoms with Crippen molar-refractivity contribution < 1.29 is 9.84 Å². The number of aliphatic hydroxyl groups is 1. The van der Waals surface area contributed by atoms with Gasteiger partial charge in [0.25, 0.3) is 0 Å². The van der Waals surface area contributed by atoms with Crippen molar-refractivity contribution in [3.8, 4) is 5.75 Å². The van der Waals surface area contributed by atoms with Gasteiger partial charge >= 0.3 is 0 Å². The fourth-order valence-corrected chi connectivity index (χ4v) is 2.89. The van der Waals surface area contributed by atoms with Gasteiger partial charge in [0.15, 0.2) is 0 Å². The second-order valence-corrected chi connectivity index (χ2v) is 5.95. The Kier molecular flexibility index (Phi) is 7.53. The Hall–Kier alpha value is -1.78. The van der Waals surface area contributed by atoms with Crippen LogP contribution < -0.4 is 10.1 Å². The van der Waals surface area contributed by atoms with Crippen molar-refractivity contribution in [3.05, 3.63) is 76.8 Å². The van der Waals surface area contributed by atoms with Crippen LogP contribution in [0.1, 0.15) is 11.1 Å². The van der Waals surface area contributed by atoms with Crippen LogP contribution in [0.3, 0.4) is 0 Å². The monoisotopic (exact) mass is 377 g/mol. The molecule has 3 aromatic rings. The van der Waals surface area contributed by atoms with Crippen LogP contribution in [0.5, 0.6) is 5.75 Å². The van der Waals surface area contributed by atoms with E-state index in [0.29, 0.717) is 24.7 Å². The van der Waals surface area contributed by atoms with Crippen molar-refractivity contribution in [1.29, 1.82) is 0 Å². The first-order valence-corrected chi connectivity index (χ1v) is 8.36. The van der Waals surface area contributed by atoms with Crippen molar-refractivity contribution in [2.75, 3.05) is 13.2 Å². The first kappa shape index (κ1) is 19.5. The topological polar surface area (TPSA) is 41.5 Å². The highest BCUT2D eigenvalue weighted by atomic mass is 35.5. The van der Waals surface area contributed by atoms with Gasteiger partial charge in [-0.3, -0.25) is 0 Å². The molecule has 0 bridgehead atoms. The average molecular weight is 378 g/mol. The van der Waals surface area contributed by atoms with Gasteiger partial charge in [0.05, 0.1) is 6.61 Å². The molecule has 5 heteroatoms. The van der Waals surface area contributed by atoms with E-state index in [1.165, 1.54) is 5.39 Å². The van der Waals surface area contributed by atoms with Gasteiger partial charge in [-0.2, -0.15) is 0 Å². The molecule has 0 radical (unpaired) electrons. The molecule has 3 nitrogen and oxygen atoms in total. The molecule has 0 aliphatic heterocycles. The maximum absolute atomic E-state index is 9.00. The Morgan fingerprint density at radius 2 is 1.72 bits per heavy atom. The van der Waals surface area contributed by atoms with Crippen LogP contribution in [0.25, 0.3) is 10.8 Å². The summed E-state index contributed by atoms with van der Waals surface area (Å²) in [6.45, 7) is 1.72. The molecule has 3 aromatic carbocycles. The second-order valence-electron chi connectivity index (χ2n) is 5.54. The minimum atomic E-state index is 0. The smallest absolute Gasteiger partial charge is 0.124 e. The second kappa shape index (κ2) is 9.64. The van der Waals surface area contributed by atoms with E-state index in [2.05, 4.69) is 23.5 Å². The molecule has 0 aliphatic rings. The van der Waals surface area contributed by atoms with Crippen molar-refractivity contribution in [1.82, 2.24) is 5.32 Å². The summed E-state index contributed by atoms with van der Waals surface area (Å²) in [7, 11) is 0. The standard InChI is InChI=1S/C20H20ClNO2.ClH/c21-19-8-4-2-6-16(19)14-24-20-10-9-15-5-1-3-7-17(15)18(20)13-22-11-12-23;/h1-10,22-23H,11-14H2;1H.